The Morgan fingerprint density at radius 3 is 2.39 bits per heavy atom. The van der Waals surface area contributed by atoms with Gasteiger partial charge in [-0.25, -0.2) is 0 Å². The van der Waals surface area contributed by atoms with Crippen LogP contribution in [0.2, 0.25) is 0 Å². The van der Waals surface area contributed by atoms with Crippen LogP contribution in [0.3, 0.4) is 0 Å². The van der Waals surface area contributed by atoms with Gasteiger partial charge in [-0.05, 0) is 18.9 Å². The van der Waals surface area contributed by atoms with Crippen LogP contribution in [-0.2, 0) is 11.2 Å². The number of rotatable bonds is 8. The SMILES string of the molecule is CCCCCCCNC(=O)Cc1ccc(C)cc1. The number of aryl methyl sites for hydroxylation is 1. The zero-order chi connectivity index (χ0) is 13.2. The minimum Gasteiger partial charge on any atom is -0.356 e. The fourth-order valence-corrected chi connectivity index (χ4v) is 1.91. The van der Waals surface area contributed by atoms with Gasteiger partial charge in [-0.3, -0.25) is 4.79 Å². The van der Waals surface area contributed by atoms with Crippen LogP contribution in [0, 0.1) is 6.92 Å². The van der Waals surface area contributed by atoms with Crippen molar-refractivity contribution in [1.82, 2.24) is 5.32 Å². The topological polar surface area (TPSA) is 29.1 Å². The van der Waals surface area contributed by atoms with Crippen LogP contribution in [0.4, 0.5) is 0 Å². The molecule has 0 aromatic heterocycles. The quantitative estimate of drug-likeness (QED) is 0.698. The van der Waals surface area contributed by atoms with E-state index in [1.165, 1.54) is 31.2 Å². The molecule has 0 bridgehead atoms. The molecule has 0 saturated carbocycles. The molecule has 0 radical (unpaired) electrons. The van der Waals surface area contributed by atoms with Crippen molar-refractivity contribution in [3.05, 3.63) is 35.4 Å². The smallest absolute Gasteiger partial charge is 0.224 e. The van der Waals surface area contributed by atoms with Crippen molar-refractivity contribution in [2.45, 2.75) is 52.4 Å². The Bertz CT molecular complexity index is 343. The first-order valence-corrected chi connectivity index (χ1v) is 7.04. The standard InChI is InChI=1S/C16H25NO/c1-3-4-5-6-7-12-17-16(18)13-15-10-8-14(2)9-11-15/h8-11H,3-7,12-13H2,1-2H3,(H,17,18). The molecule has 1 aromatic rings. The molecule has 0 fully saturated rings. The van der Waals surface area contributed by atoms with Gasteiger partial charge in [0.25, 0.3) is 0 Å². The molecule has 0 aliphatic rings. The van der Waals surface area contributed by atoms with E-state index >= 15 is 0 Å². The molecule has 0 atom stereocenters. The van der Waals surface area contributed by atoms with Crippen molar-refractivity contribution < 1.29 is 4.79 Å². The van der Waals surface area contributed by atoms with Gasteiger partial charge in [-0.1, -0.05) is 62.4 Å². The Morgan fingerprint density at radius 1 is 1.06 bits per heavy atom. The van der Waals surface area contributed by atoms with Gasteiger partial charge in [-0.15, -0.1) is 0 Å². The Balaban J connectivity index is 2.12. The van der Waals surface area contributed by atoms with Crippen molar-refractivity contribution in [3.8, 4) is 0 Å². The molecule has 18 heavy (non-hydrogen) atoms. The van der Waals surface area contributed by atoms with E-state index in [1.807, 2.05) is 24.3 Å². The summed E-state index contributed by atoms with van der Waals surface area (Å²) in [6.07, 6.45) is 6.66. The first-order valence-electron chi connectivity index (χ1n) is 7.04. The van der Waals surface area contributed by atoms with Crippen molar-refractivity contribution >= 4 is 5.91 Å². The third-order valence-electron chi connectivity index (χ3n) is 3.09. The highest BCUT2D eigenvalue weighted by Gasteiger charge is 2.02. The second-order valence-corrected chi connectivity index (χ2v) is 4.93. The van der Waals surface area contributed by atoms with E-state index in [-0.39, 0.29) is 5.91 Å². The van der Waals surface area contributed by atoms with Crippen molar-refractivity contribution in [2.75, 3.05) is 6.54 Å². The van der Waals surface area contributed by atoms with Crippen LogP contribution in [-0.4, -0.2) is 12.5 Å². The maximum Gasteiger partial charge on any atom is 0.224 e. The zero-order valence-corrected chi connectivity index (χ0v) is 11.7. The first-order chi connectivity index (χ1) is 8.72. The molecule has 1 N–H and O–H groups in total. The van der Waals surface area contributed by atoms with Gasteiger partial charge in [0.15, 0.2) is 0 Å². The van der Waals surface area contributed by atoms with Gasteiger partial charge in [0.1, 0.15) is 0 Å². The molecule has 2 nitrogen and oxygen atoms in total. The average molecular weight is 247 g/mol. The molecule has 1 rings (SSSR count). The maximum absolute atomic E-state index is 11.7. The molecule has 0 saturated heterocycles. The minimum absolute atomic E-state index is 0.134. The third kappa shape index (κ3) is 6.43. The van der Waals surface area contributed by atoms with Crippen LogP contribution in [0.5, 0.6) is 0 Å². The number of hydrogen-bond acceptors (Lipinski definition) is 1. The number of carbonyl (C=O) groups is 1. The third-order valence-corrected chi connectivity index (χ3v) is 3.09. The van der Waals surface area contributed by atoms with E-state index in [9.17, 15) is 4.79 Å². The number of carbonyl (C=O) groups excluding carboxylic acids is 1. The van der Waals surface area contributed by atoms with E-state index in [2.05, 4.69) is 19.2 Å². The van der Waals surface area contributed by atoms with E-state index in [1.54, 1.807) is 0 Å². The van der Waals surface area contributed by atoms with Crippen LogP contribution in [0.1, 0.15) is 50.2 Å². The highest BCUT2D eigenvalue weighted by molar-refractivity contribution is 5.78. The molecule has 100 valence electrons. The summed E-state index contributed by atoms with van der Waals surface area (Å²) in [4.78, 5) is 11.7. The second-order valence-electron chi connectivity index (χ2n) is 4.93. The predicted octanol–water partition coefficient (Wildman–Crippen LogP) is 3.62. The number of nitrogens with one attached hydrogen (secondary N) is 1. The number of unbranched alkanes of at least 4 members (excludes halogenated alkanes) is 4. The van der Waals surface area contributed by atoms with Gasteiger partial charge in [-0.2, -0.15) is 0 Å². The highest BCUT2D eigenvalue weighted by Crippen LogP contribution is 2.04. The summed E-state index contributed by atoms with van der Waals surface area (Å²) in [5.41, 5.74) is 2.32. The molecular weight excluding hydrogens is 222 g/mol. The molecule has 0 spiro atoms. The van der Waals surface area contributed by atoms with Crippen LogP contribution in [0.15, 0.2) is 24.3 Å². The van der Waals surface area contributed by atoms with E-state index in [0.717, 1.165) is 18.5 Å². The molecule has 0 heterocycles. The maximum atomic E-state index is 11.7. The van der Waals surface area contributed by atoms with Crippen molar-refractivity contribution in [2.24, 2.45) is 0 Å². The van der Waals surface area contributed by atoms with Crippen molar-refractivity contribution in [3.63, 3.8) is 0 Å². The molecular formula is C16H25NO. The Labute approximate surface area is 111 Å². The summed E-state index contributed by atoms with van der Waals surface area (Å²) in [5.74, 6) is 0.134. The number of benzene rings is 1. The summed E-state index contributed by atoms with van der Waals surface area (Å²) in [7, 11) is 0. The predicted molar refractivity (Wildman–Crippen MR) is 76.7 cm³/mol. The summed E-state index contributed by atoms with van der Waals surface area (Å²) in [6, 6.07) is 8.15. The summed E-state index contributed by atoms with van der Waals surface area (Å²) >= 11 is 0. The Kier molecular flexibility index (Phi) is 7.16. The lowest BCUT2D eigenvalue weighted by Gasteiger charge is -2.05. The van der Waals surface area contributed by atoms with Crippen LogP contribution in [0.25, 0.3) is 0 Å². The summed E-state index contributed by atoms with van der Waals surface area (Å²) < 4.78 is 0. The fraction of sp³-hybridized carbons (Fsp3) is 0.562. The van der Waals surface area contributed by atoms with Gasteiger partial charge in [0.05, 0.1) is 6.42 Å². The van der Waals surface area contributed by atoms with E-state index < -0.39 is 0 Å². The Morgan fingerprint density at radius 2 is 1.72 bits per heavy atom. The van der Waals surface area contributed by atoms with Gasteiger partial charge in [0, 0.05) is 6.54 Å². The average Bonchev–Trinajstić information content (AvgIpc) is 2.36. The monoisotopic (exact) mass is 247 g/mol. The summed E-state index contributed by atoms with van der Waals surface area (Å²) in [5, 5.41) is 2.98. The highest BCUT2D eigenvalue weighted by atomic mass is 16.1. The lowest BCUT2D eigenvalue weighted by atomic mass is 10.1. The van der Waals surface area contributed by atoms with E-state index in [4.69, 9.17) is 0 Å². The number of hydrogen-bond donors (Lipinski definition) is 1. The lowest BCUT2D eigenvalue weighted by Crippen LogP contribution is -2.26. The largest absolute Gasteiger partial charge is 0.356 e. The zero-order valence-electron chi connectivity index (χ0n) is 11.7. The van der Waals surface area contributed by atoms with Crippen LogP contribution >= 0.6 is 0 Å². The molecule has 1 amide bonds. The summed E-state index contributed by atoms with van der Waals surface area (Å²) in [6.45, 7) is 5.08. The first kappa shape index (κ1) is 14.7. The molecule has 0 unspecified atom stereocenters. The van der Waals surface area contributed by atoms with Gasteiger partial charge in [0.2, 0.25) is 5.91 Å². The van der Waals surface area contributed by atoms with E-state index in [0.29, 0.717) is 6.42 Å². The molecule has 0 aliphatic carbocycles. The van der Waals surface area contributed by atoms with Gasteiger partial charge >= 0.3 is 0 Å². The van der Waals surface area contributed by atoms with Crippen LogP contribution < -0.4 is 5.32 Å². The lowest BCUT2D eigenvalue weighted by molar-refractivity contribution is -0.120. The second kappa shape index (κ2) is 8.73. The molecule has 2 heteroatoms. The number of amides is 1. The fourth-order valence-electron chi connectivity index (χ4n) is 1.91. The molecule has 1 aromatic carbocycles. The molecule has 0 aliphatic heterocycles. The van der Waals surface area contributed by atoms with Gasteiger partial charge < -0.3 is 5.32 Å². The Hall–Kier alpha value is -1.31. The normalized spacial score (nSPS) is 10.3. The minimum atomic E-state index is 0.134. The van der Waals surface area contributed by atoms with Crippen molar-refractivity contribution in [1.29, 1.82) is 0 Å².